The molecular formula is C23H38N4O. The second-order valence-corrected chi connectivity index (χ2v) is 8.79. The van der Waals surface area contributed by atoms with E-state index in [-0.39, 0.29) is 6.03 Å². The van der Waals surface area contributed by atoms with Crippen molar-refractivity contribution in [3.05, 3.63) is 30.3 Å². The third-order valence-electron chi connectivity index (χ3n) is 6.31. The lowest BCUT2D eigenvalue weighted by atomic mass is 10.0. The van der Waals surface area contributed by atoms with Gasteiger partial charge >= 0.3 is 6.03 Å². The van der Waals surface area contributed by atoms with Crippen LogP contribution in [0.15, 0.2) is 30.3 Å². The molecule has 2 amide bonds. The first-order chi connectivity index (χ1) is 13.6. The molecule has 0 aromatic heterocycles. The van der Waals surface area contributed by atoms with Crippen LogP contribution < -0.4 is 15.5 Å². The zero-order chi connectivity index (χ0) is 19.8. The Morgan fingerprint density at radius 3 is 2.43 bits per heavy atom. The van der Waals surface area contributed by atoms with Gasteiger partial charge in [0, 0.05) is 37.9 Å². The highest BCUT2D eigenvalue weighted by Crippen LogP contribution is 2.23. The molecule has 5 heteroatoms. The first-order valence-electron chi connectivity index (χ1n) is 11.2. The number of amides is 2. The molecule has 156 valence electrons. The molecule has 0 bridgehead atoms. The van der Waals surface area contributed by atoms with Gasteiger partial charge in [-0.2, -0.15) is 0 Å². The molecule has 2 unspecified atom stereocenters. The summed E-state index contributed by atoms with van der Waals surface area (Å²) in [7, 11) is 0. The number of anilines is 1. The van der Waals surface area contributed by atoms with Crippen LogP contribution in [-0.4, -0.2) is 56.2 Å². The van der Waals surface area contributed by atoms with Crippen LogP contribution >= 0.6 is 0 Å². The van der Waals surface area contributed by atoms with Crippen LogP contribution in [0.4, 0.5) is 10.5 Å². The number of hydrogen-bond acceptors (Lipinski definition) is 3. The van der Waals surface area contributed by atoms with E-state index in [9.17, 15) is 4.79 Å². The highest BCUT2D eigenvalue weighted by Gasteiger charge is 2.25. The highest BCUT2D eigenvalue weighted by atomic mass is 16.2. The van der Waals surface area contributed by atoms with Gasteiger partial charge in [0.05, 0.1) is 0 Å². The monoisotopic (exact) mass is 386 g/mol. The Morgan fingerprint density at radius 2 is 1.75 bits per heavy atom. The third-order valence-corrected chi connectivity index (χ3v) is 6.31. The van der Waals surface area contributed by atoms with Crippen LogP contribution in [0.1, 0.15) is 46.0 Å². The predicted molar refractivity (Wildman–Crippen MR) is 117 cm³/mol. The summed E-state index contributed by atoms with van der Waals surface area (Å²) >= 11 is 0. The van der Waals surface area contributed by atoms with Crippen LogP contribution in [0.2, 0.25) is 0 Å². The van der Waals surface area contributed by atoms with E-state index in [2.05, 4.69) is 64.6 Å². The van der Waals surface area contributed by atoms with Crippen molar-refractivity contribution in [2.75, 3.05) is 44.2 Å². The average Bonchev–Trinajstić information content (AvgIpc) is 3.02. The summed E-state index contributed by atoms with van der Waals surface area (Å²) < 4.78 is 0. The van der Waals surface area contributed by atoms with Gasteiger partial charge in [-0.25, -0.2) is 4.79 Å². The summed E-state index contributed by atoms with van der Waals surface area (Å²) in [4.78, 5) is 17.4. The minimum Gasteiger partial charge on any atom is -0.371 e. The van der Waals surface area contributed by atoms with E-state index < -0.39 is 0 Å². The van der Waals surface area contributed by atoms with Gasteiger partial charge in [0.2, 0.25) is 0 Å². The Balaban J connectivity index is 1.39. The summed E-state index contributed by atoms with van der Waals surface area (Å²) in [5, 5.41) is 6.25. The number of benzene rings is 1. The van der Waals surface area contributed by atoms with Gasteiger partial charge in [0.1, 0.15) is 0 Å². The van der Waals surface area contributed by atoms with Crippen LogP contribution in [-0.2, 0) is 0 Å². The number of nitrogens with zero attached hydrogens (tertiary/aromatic N) is 2. The molecule has 2 saturated heterocycles. The lowest BCUT2D eigenvalue weighted by Crippen LogP contribution is -2.49. The van der Waals surface area contributed by atoms with Crippen molar-refractivity contribution in [3.8, 4) is 0 Å². The molecule has 0 saturated carbocycles. The number of carbonyl (C=O) groups excluding carboxylic acids is 1. The maximum absolute atomic E-state index is 12.4. The SMILES string of the molecule is CC(C)C(CNC(=O)NCC1CCN(c2ccccc2)C1)N1CCCCCC1. The molecule has 2 atom stereocenters. The number of urea groups is 1. The molecular weight excluding hydrogens is 348 g/mol. The summed E-state index contributed by atoms with van der Waals surface area (Å²) in [6, 6.07) is 11.0. The summed E-state index contributed by atoms with van der Waals surface area (Å²) in [6.07, 6.45) is 6.40. The zero-order valence-electron chi connectivity index (χ0n) is 17.7. The van der Waals surface area contributed by atoms with Gasteiger partial charge in [-0.15, -0.1) is 0 Å². The number of likely N-dealkylation sites (tertiary alicyclic amines) is 1. The predicted octanol–water partition coefficient (Wildman–Crippen LogP) is 3.71. The number of carbonyl (C=O) groups is 1. The molecule has 2 aliphatic heterocycles. The largest absolute Gasteiger partial charge is 0.371 e. The Labute approximate surface area is 170 Å². The van der Waals surface area contributed by atoms with Crippen molar-refractivity contribution in [1.29, 1.82) is 0 Å². The van der Waals surface area contributed by atoms with E-state index in [1.807, 2.05) is 0 Å². The van der Waals surface area contributed by atoms with Crippen LogP contribution in [0, 0.1) is 11.8 Å². The normalized spacial score (nSPS) is 22.1. The molecule has 2 fully saturated rings. The molecule has 3 rings (SSSR count). The van der Waals surface area contributed by atoms with E-state index in [1.54, 1.807) is 0 Å². The van der Waals surface area contributed by atoms with Crippen LogP contribution in [0.25, 0.3) is 0 Å². The topological polar surface area (TPSA) is 47.6 Å². The maximum Gasteiger partial charge on any atom is 0.314 e. The van der Waals surface area contributed by atoms with Crippen molar-refractivity contribution in [3.63, 3.8) is 0 Å². The number of nitrogens with one attached hydrogen (secondary N) is 2. The Bertz CT molecular complexity index is 584. The van der Waals surface area contributed by atoms with E-state index >= 15 is 0 Å². The van der Waals surface area contributed by atoms with Crippen molar-refractivity contribution in [2.45, 2.75) is 52.0 Å². The molecule has 28 heavy (non-hydrogen) atoms. The van der Waals surface area contributed by atoms with Gasteiger partial charge in [-0.05, 0) is 56.3 Å². The fourth-order valence-corrected chi connectivity index (χ4v) is 4.58. The lowest BCUT2D eigenvalue weighted by molar-refractivity contribution is 0.157. The van der Waals surface area contributed by atoms with Gasteiger partial charge in [-0.3, -0.25) is 4.90 Å². The second kappa shape index (κ2) is 10.7. The van der Waals surface area contributed by atoms with Crippen molar-refractivity contribution < 1.29 is 4.79 Å². The van der Waals surface area contributed by atoms with E-state index in [1.165, 1.54) is 44.5 Å². The molecule has 0 radical (unpaired) electrons. The van der Waals surface area contributed by atoms with Crippen molar-refractivity contribution in [2.24, 2.45) is 11.8 Å². The number of para-hydroxylation sites is 1. The van der Waals surface area contributed by atoms with Gasteiger partial charge in [0.15, 0.2) is 0 Å². The maximum atomic E-state index is 12.4. The molecule has 2 aliphatic rings. The minimum atomic E-state index is -0.0152. The average molecular weight is 387 g/mol. The number of rotatable bonds is 7. The third kappa shape index (κ3) is 6.13. The fourth-order valence-electron chi connectivity index (χ4n) is 4.58. The van der Waals surface area contributed by atoms with Gasteiger partial charge < -0.3 is 15.5 Å². The van der Waals surface area contributed by atoms with Gasteiger partial charge in [-0.1, -0.05) is 44.9 Å². The first-order valence-corrected chi connectivity index (χ1v) is 11.2. The van der Waals surface area contributed by atoms with E-state index in [0.717, 1.165) is 32.6 Å². The Morgan fingerprint density at radius 1 is 1.04 bits per heavy atom. The smallest absolute Gasteiger partial charge is 0.314 e. The quantitative estimate of drug-likeness (QED) is 0.751. The Kier molecular flexibility index (Phi) is 8.01. The van der Waals surface area contributed by atoms with Gasteiger partial charge in [0.25, 0.3) is 0 Å². The Hall–Kier alpha value is -1.75. The molecule has 1 aromatic rings. The summed E-state index contributed by atoms with van der Waals surface area (Å²) in [5.74, 6) is 1.07. The molecule has 1 aromatic carbocycles. The summed E-state index contributed by atoms with van der Waals surface area (Å²) in [6.45, 7) is 10.5. The molecule has 0 spiro atoms. The molecule has 0 aliphatic carbocycles. The zero-order valence-corrected chi connectivity index (χ0v) is 17.7. The fraction of sp³-hybridized carbons (Fsp3) is 0.696. The first kappa shape index (κ1) is 21.0. The summed E-state index contributed by atoms with van der Waals surface area (Å²) in [5.41, 5.74) is 1.28. The van der Waals surface area contributed by atoms with Crippen molar-refractivity contribution in [1.82, 2.24) is 15.5 Å². The van der Waals surface area contributed by atoms with E-state index in [0.29, 0.717) is 17.9 Å². The van der Waals surface area contributed by atoms with Crippen molar-refractivity contribution >= 4 is 11.7 Å². The molecule has 2 heterocycles. The standard InChI is InChI=1S/C23H38N4O/c1-19(2)22(26-13-8-3-4-9-14-26)17-25-23(28)24-16-20-12-15-27(18-20)21-10-6-5-7-11-21/h5-7,10-11,19-20,22H,3-4,8-9,12-18H2,1-2H3,(H2,24,25,28). The number of hydrogen-bond donors (Lipinski definition) is 2. The van der Waals surface area contributed by atoms with E-state index in [4.69, 9.17) is 0 Å². The van der Waals surface area contributed by atoms with Crippen LogP contribution in [0.5, 0.6) is 0 Å². The molecule has 5 nitrogen and oxygen atoms in total. The minimum absolute atomic E-state index is 0.0152. The second-order valence-electron chi connectivity index (χ2n) is 8.79. The van der Waals surface area contributed by atoms with Crippen LogP contribution in [0.3, 0.4) is 0 Å². The molecule has 2 N–H and O–H groups in total. The highest BCUT2D eigenvalue weighted by molar-refractivity contribution is 5.73. The lowest BCUT2D eigenvalue weighted by Gasteiger charge is -2.33.